The van der Waals surface area contributed by atoms with Crippen molar-refractivity contribution in [3.05, 3.63) is 65.7 Å². The third-order valence-electron chi connectivity index (χ3n) is 3.47. The van der Waals surface area contributed by atoms with E-state index in [4.69, 9.17) is 4.74 Å². The molecule has 0 fully saturated rings. The van der Waals surface area contributed by atoms with E-state index >= 15 is 0 Å². The van der Waals surface area contributed by atoms with Gasteiger partial charge in [0.2, 0.25) is 0 Å². The van der Waals surface area contributed by atoms with Gasteiger partial charge in [-0.3, -0.25) is 4.79 Å². The number of carbonyl (C=O) groups excluding carboxylic acids is 1. The lowest BCUT2D eigenvalue weighted by atomic mass is 10.1. The maximum Gasteiger partial charge on any atom is 0.251 e. The van der Waals surface area contributed by atoms with Crippen molar-refractivity contribution < 1.29 is 14.4 Å². The Hall–Kier alpha value is -2.33. The van der Waals surface area contributed by atoms with Gasteiger partial charge in [0, 0.05) is 5.56 Å². The van der Waals surface area contributed by atoms with Crippen molar-refractivity contribution in [2.45, 2.75) is 6.04 Å². The summed E-state index contributed by atoms with van der Waals surface area (Å²) < 4.78 is 5.12. The third kappa shape index (κ3) is 4.33. The molecule has 1 amide bonds. The van der Waals surface area contributed by atoms with E-state index in [0.717, 1.165) is 17.9 Å². The Morgan fingerprint density at radius 2 is 1.73 bits per heavy atom. The lowest BCUT2D eigenvalue weighted by molar-refractivity contribution is -0.860. The molecule has 4 heteroatoms. The predicted octanol–water partition coefficient (Wildman–Crippen LogP) is 1.31. The van der Waals surface area contributed by atoms with Gasteiger partial charge in [-0.15, -0.1) is 0 Å². The second kappa shape index (κ2) is 7.61. The molecule has 2 aromatic carbocycles. The summed E-state index contributed by atoms with van der Waals surface area (Å²) in [6.45, 7) is 0.825. The van der Waals surface area contributed by atoms with E-state index in [1.165, 1.54) is 4.90 Å². The van der Waals surface area contributed by atoms with E-state index in [9.17, 15) is 4.79 Å². The zero-order chi connectivity index (χ0) is 15.9. The van der Waals surface area contributed by atoms with Crippen molar-refractivity contribution >= 4 is 5.91 Å². The molecular weight excluding hydrogens is 276 g/mol. The smallest absolute Gasteiger partial charge is 0.251 e. The van der Waals surface area contributed by atoms with Crippen molar-refractivity contribution in [2.24, 2.45) is 0 Å². The average Bonchev–Trinajstić information content (AvgIpc) is 2.54. The highest BCUT2D eigenvalue weighted by atomic mass is 16.5. The number of amides is 1. The Morgan fingerprint density at radius 1 is 1.09 bits per heavy atom. The van der Waals surface area contributed by atoms with Crippen LogP contribution in [0, 0.1) is 0 Å². The Balaban J connectivity index is 2.13. The summed E-state index contributed by atoms with van der Waals surface area (Å²) in [5.41, 5.74) is 1.75. The molecule has 0 spiro atoms. The molecule has 2 aromatic rings. The first-order valence-electron chi connectivity index (χ1n) is 7.39. The van der Waals surface area contributed by atoms with Crippen molar-refractivity contribution in [2.75, 3.05) is 27.7 Å². The molecule has 0 bridgehead atoms. The van der Waals surface area contributed by atoms with Gasteiger partial charge < -0.3 is 15.0 Å². The standard InChI is InChI=1S/C18H22N2O2/c1-20(2)13-17(14-7-5-4-6-8-14)19-18(21)15-9-11-16(22-3)12-10-15/h4-12,17H,13H2,1-3H3,(H,19,21)/p+1/t17-/m0/s1. The number of nitrogens with one attached hydrogen (secondary N) is 2. The second-order valence-electron chi connectivity index (χ2n) is 5.58. The van der Waals surface area contributed by atoms with Crippen LogP contribution in [0.15, 0.2) is 54.6 Å². The number of carbonyl (C=O) groups is 1. The van der Waals surface area contributed by atoms with Crippen molar-refractivity contribution in [3.8, 4) is 5.75 Å². The zero-order valence-corrected chi connectivity index (χ0v) is 13.3. The van der Waals surface area contributed by atoms with Gasteiger partial charge in [0.1, 0.15) is 18.3 Å². The van der Waals surface area contributed by atoms with E-state index < -0.39 is 0 Å². The van der Waals surface area contributed by atoms with E-state index in [2.05, 4.69) is 19.4 Å². The molecule has 0 saturated carbocycles. The maximum atomic E-state index is 12.4. The Labute approximate surface area is 131 Å². The molecule has 2 N–H and O–H groups in total. The van der Waals surface area contributed by atoms with E-state index in [0.29, 0.717) is 5.56 Å². The fourth-order valence-corrected chi connectivity index (χ4v) is 2.33. The SMILES string of the molecule is COc1ccc(C(=O)N[C@@H](C[NH+](C)C)c2ccccc2)cc1. The summed E-state index contributed by atoms with van der Waals surface area (Å²) in [4.78, 5) is 13.7. The first-order valence-corrected chi connectivity index (χ1v) is 7.39. The van der Waals surface area contributed by atoms with Gasteiger partial charge in [-0.1, -0.05) is 30.3 Å². The minimum atomic E-state index is -0.0715. The minimum absolute atomic E-state index is 0.0131. The molecule has 0 aliphatic carbocycles. The van der Waals surface area contributed by atoms with E-state index in [-0.39, 0.29) is 11.9 Å². The van der Waals surface area contributed by atoms with Crippen molar-refractivity contribution in [1.82, 2.24) is 5.32 Å². The van der Waals surface area contributed by atoms with Crippen LogP contribution in [0.4, 0.5) is 0 Å². The molecule has 4 nitrogen and oxygen atoms in total. The number of rotatable bonds is 6. The minimum Gasteiger partial charge on any atom is -0.497 e. The molecule has 0 aliphatic heterocycles. The van der Waals surface area contributed by atoms with E-state index in [1.54, 1.807) is 31.4 Å². The zero-order valence-electron chi connectivity index (χ0n) is 13.3. The molecule has 0 heterocycles. The van der Waals surface area contributed by atoms with Gasteiger partial charge in [0.25, 0.3) is 5.91 Å². The lowest BCUT2D eigenvalue weighted by Gasteiger charge is -2.21. The number of quaternary nitrogens is 1. The van der Waals surface area contributed by atoms with Crippen LogP contribution in [0.25, 0.3) is 0 Å². The summed E-state index contributed by atoms with van der Waals surface area (Å²) in [6, 6.07) is 17.2. The largest absolute Gasteiger partial charge is 0.497 e. The first-order chi connectivity index (χ1) is 10.6. The van der Waals surface area contributed by atoms with E-state index in [1.807, 2.05) is 30.3 Å². The van der Waals surface area contributed by atoms with Crippen LogP contribution in [-0.4, -0.2) is 33.7 Å². The molecule has 0 unspecified atom stereocenters. The monoisotopic (exact) mass is 299 g/mol. The Kier molecular flexibility index (Phi) is 5.55. The number of ether oxygens (including phenoxy) is 1. The first kappa shape index (κ1) is 16.0. The summed E-state index contributed by atoms with van der Waals surface area (Å²) >= 11 is 0. The fourth-order valence-electron chi connectivity index (χ4n) is 2.33. The highest BCUT2D eigenvalue weighted by molar-refractivity contribution is 5.94. The van der Waals surface area contributed by atoms with Gasteiger partial charge in [-0.25, -0.2) is 0 Å². The van der Waals surface area contributed by atoms with Crippen LogP contribution in [0.2, 0.25) is 0 Å². The van der Waals surface area contributed by atoms with Gasteiger partial charge in [0.15, 0.2) is 0 Å². The second-order valence-corrected chi connectivity index (χ2v) is 5.58. The van der Waals surface area contributed by atoms with Crippen LogP contribution < -0.4 is 15.0 Å². The highest BCUT2D eigenvalue weighted by Crippen LogP contribution is 2.14. The fraction of sp³-hybridized carbons (Fsp3) is 0.278. The number of methoxy groups -OCH3 is 1. The molecule has 0 saturated heterocycles. The summed E-state index contributed by atoms with van der Waals surface area (Å²) in [5, 5.41) is 3.12. The van der Waals surface area contributed by atoms with Gasteiger partial charge in [-0.2, -0.15) is 0 Å². The molecule has 116 valence electrons. The van der Waals surface area contributed by atoms with Crippen LogP contribution in [0.5, 0.6) is 5.75 Å². The number of hydrogen-bond acceptors (Lipinski definition) is 2. The van der Waals surface area contributed by atoms with Gasteiger partial charge >= 0.3 is 0 Å². The summed E-state index contributed by atoms with van der Waals surface area (Å²) in [6.07, 6.45) is 0. The molecule has 0 aromatic heterocycles. The predicted molar refractivity (Wildman–Crippen MR) is 87.3 cm³/mol. The normalized spacial score (nSPS) is 12.0. The van der Waals surface area contributed by atoms with Crippen LogP contribution in [0.1, 0.15) is 22.0 Å². The quantitative estimate of drug-likeness (QED) is 0.844. The summed E-state index contributed by atoms with van der Waals surface area (Å²) in [5.74, 6) is 0.673. The van der Waals surface area contributed by atoms with Crippen LogP contribution >= 0.6 is 0 Å². The lowest BCUT2D eigenvalue weighted by Crippen LogP contribution is -3.06. The number of likely N-dealkylation sites (N-methyl/N-ethyl adjacent to an activating group) is 1. The molecular formula is C18H23N2O2+. The van der Waals surface area contributed by atoms with Crippen molar-refractivity contribution in [1.29, 1.82) is 0 Å². The average molecular weight is 299 g/mol. The molecule has 2 rings (SSSR count). The molecule has 0 radical (unpaired) electrons. The van der Waals surface area contributed by atoms with Gasteiger partial charge in [-0.05, 0) is 29.8 Å². The van der Waals surface area contributed by atoms with Crippen LogP contribution in [-0.2, 0) is 0 Å². The molecule has 0 aliphatic rings. The van der Waals surface area contributed by atoms with Gasteiger partial charge in [0.05, 0.1) is 21.2 Å². The highest BCUT2D eigenvalue weighted by Gasteiger charge is 2.18. The Morgan fingerprint density at radius 3 is 2.27 bits per heavy atom. The molecule has 22 heavy (non-hydrogen) atoms. The number of hydrogen-bond donors (Lipinski definition) is 2. The van der Waals surface area contributed by atoms with Crippen molar-refractivity contribution in [3.63, 3.8) is 0 Å². The van der Waals surface area contributed by atoms with Crippen LogP contribution in [0.3, 0.4) is 0 Å². The summed E-state index contributed by atoms with van der Waals surface area (Å²) in [7, 11) is 5.77. The maximum absolute atomic E-state index is 12.4. The third-order valence-corrected chi connectivity index (χ3v) is 3.47. The Bertz CT molecular complexity index is 594. The molecule has 1 atom stereocenters. The topological polar surface area (TPSA) is 42.8 Å². The number of benzene rings is 2.